The number of rotatable bonds is 9. The van der Waals surface area contributed by atoms with Crippen molar-refractivity contribution in [1.82, 2.24) is 15.0 Å². The number of carboxylic acids is 1. The van der Waals surface area contributed by atoms with Gasteiger partial charge in [-0.1, -0.05) is 13.3 Å². The van der Waals surface area contributed by atoms with Crippen LogP contribution in [0.15, 0.2) is 12.4 Å². The van der Waals surface area contributed by atoms with Crippen molar-refractivity contribution in [2.75, 3.05) is 12.0 Å². The van der Waals surface area contributed by atoms with Crippen molar-refractivity contribution in [3.8, 4) is 5.75 Å². The second-order valence-electron chi connectivity index (χ2n) is 6.42. The zero-order valence-electron chi connectivity index (χ0n) is 16.5. The summed E-state index contributed by atoms with van der Waals surface area (Å²) in [4.78, 5) is 36.2. The number of aryl methyl sites for hydroxylation is 1. The van der Waals surface area contributed by atoms with E-state index in [0.717, 1.165) is 11.8 Å². The van der Waals surface area contributed by atoms with E-state index >= 15 is 0 Å². The molecule has 11 heteroatoms. The Hall–Kier alpha value is -3.01. The second-order valence-corrected chi connectivity index (χ2v) is 6.76. The van der Waals surface area contributed by atoms with E-state index in [2.05, 4.69) is 15.0 Å². The van der Waals surface area contributed by atoms with Gasteiger partial charge in [-0.25, -0.2) is 9.78 Å². The molecule has 29 heavy (non-hydrogen) atoms. The van der Waals surface area contributed by atoms with Crippen LogP contribution in [0.1, 0.15) is 36.6 Å². The van der Waals surface area contributed by atoms with Crippen LogP contribution in [0.2, 0.25) is 5.28 Å². The summed E-state index contributed by atoms with van der Waals surface area (Å²) >= 11 is 5.88. The molecule has 0 spiro atoms. The molecular weight excluding hydrogens is 402 g/mol. The first-order valence-corrected chi connectivity index (χ1v) is 9.24. The predicted molar refractivity (Wildman–Crippen MR) is 106 cm³/mol. The molecule has 1 N–H and O–H groups in total. The van der Waals surface area contributed by atoms with Gasteiger partial charge in [-0.15, -0.1) is 0 Å². The molecule has 2 rings (SSSR count). The van der Waals surface area contributed by atoms with Gasteiger partial charge in [0.25, 0.3) is 0 Å². The minimum Gasteiger partial charge on any atom is -0.496 e. The Kier molecular flexibility index (Phi) is 7.27. The van der Waals surface area contributed by atoms with Crippen LogP contribution in [0.3, 0.4) is 0 Å². The van der Waals surface area contributed by atoms with Crippen LogP contribution in [0.4, 0.5) is 11.5 Å². The quantitative estimate of drug-likeness (QED) is 0.366. The zero-order valence-corrected chi connectivity index (χ0v) is 17.3. The van der Waals surface area contributed by atoms with Crippen molar-refractivity contribution in [2.45, 2.75) is 46.2 Å². The van der Waals surface area contributed by atoms with Gasteiger partial charge >= 0.3 is 11.7 Å². The van der Waals surface area contributed by atoms with Gasteiger partial charge in [0.2, 0.25) is 11.1 Å². The van der Waals surface area contributed by atoms with E-state index in [1.54, 1.807) is 13.1 Å². The van der Waals surface area contributed by atoms with Gasteiger partial charge in [-0.2, -0.15) is 4.98 Å². The van der Waals surface area contributed by atoms with Gasteiger partial charge in [0.1, 0.15) is 18.0 Å². The highest BCUT2D eigenvalue weighted by Crippen LogP contribution is 2.32. The summed E-state index contributed by atoms with van der Waals surface area (Å²) in [7, 11) is 1.53. The van der Waals surface area contributed by atoms with Gasteiger partial charge in [-0.05, 0) is 31.9 Å². The first kappa shape index (κ1) is 22.3. The van der Waals surface area contributed by atoms with E-state index in [-0.39, 0.29) is 24.1 Å². The molecule has 0 saturated carbocycles. The fourth-order valence-corrected chi connectivity index (χ4v) is 3.23. The molecule has 0 unspecified atom stereocenters. The van der Waals surface area contributed by atoms with Crippen LogP contribution in [0.5, 0.6) is 5.75 Å². The summed E-state index contributed by atoms with van der Waals surface area (Å²) in [6.07, 6.45) is 3.37. The number of pyridine rings is 1. The smallest absolute Gasteiger partial charge is 0.329 e. The van der Waals surface area contributed by atoms with Gasteiger partial charge in [0.15, 0.2) is 0 Å². The van der Waals surface area contributed by atoms with Crippen LogP contribution in [-0.2, 0) is 11.3 Å². The molecule has 2 heterocycles. The molecule has 0 aromatic carbocycles. The summed E-state index contributed by atoms with van der Waals surface area (Å²) in [6, 6.07) is -1.07. The van der Waals surface area contributed by atoms with E-state index in [1.807, 2.05) is 13.8 Å². The maximum Gasteiger partial charge on any atom is 0.329 e. The number of carboxylic acid groups (broad SMARTS) is 1. The Balaban J connectivity index is 2.66. The summed E-state index contributed by atoms with van der Waals surface area (Å²) in [5, 5.41) is 21.1. The van der Waals surface area contributed by atoms with Crippen LogP contribution >= 0.6 is 11.6 Å². The van der Waals surface area contributed by atoms with E-state index in [1.165, 1.54) is 12.0 Å². The number of nitrogens with zero attached hydrogens (tertiary/aromatic N) is 5. The minimum absolute atomic E-state index is 0.0341. The number of hydrogen-bond donors (Lipinski definition) is 1. The lowest BCUT2D eigenvalue weighted by molar-refractivity contribution is -0.384. The lowest BCUT2D eigenvalue weighted by Crippen LogP contribution is -2.42. The number of hydrogen-bond acceptors (Lipinski definition) is 8. The Morgan fingerprint density at radius 1 is 1.38 bits per heavy atom. The molecular formula is C18H22ClN5O5. The molecule has 0 bridgehead atoms. The van der Waals surface area contributed by atoms with E-state index < -0.39 is 22.6 Å². The van der Waals surface area contributed by atoms with E-state index in [0.29, 0.717) is 23.4 Å². The third kappa shape index (κ3) is 4.89. The monoisotopic (exact) mass is 423 g/mol. The van der Waals surface area contributed by atoms with Crippen molar-refractivity contribution in [3.05, 3.63) is 44.6 Å². The Morgan fingerprint density at radius 2 is 2.07 bits per heavy atom. The highest BCUT2D eigenvalue weighted by Gasteiger charge is 2.33. The topological polar surface area (TPSA) is 132 Å². The Labute approximate surface area is 172 Å². The number of aromatic nitrogens is 3. The largest absolute Gasteiger partial charge is 0.496 e. The number of halogens is 1. The first-order valence-electron chi connectivity index (χ1n) is 8.86. The van der Waals surface area contributed by atoms with Crippen LogP contribution in [-0.4, -0.2) is 44.1 Å². The Bertz CT molecular complexity index is 924. The molecule has 0 aliphatic carbocycles. The van der Waals surface area contributed by atoms with Crippen LogP contribution in [0.25, 0.3) is 0 Å². The van der Waals surface area contributed by atoms with Crippen molar-refractivity contribution < 1.29 is 19.6 Å². The third-order valence-electron chi connectivity index (χ3n) is 4.48. The number of ether oxygens (including phenoxy) is 1. The number of methoxy groups -OCH3 is 1. The maximum absolute atomic E-state index is 12.0. The fraction of sp³-hybridized carbons (Fsp3) is 0.444. The maximum atomic E-state index is 12.0. The zero-order chi connectivity index (χ0) is 21.7. The van der Waals surface area contributed by atoms with Crippen molar-refractivity contribution in [2.24, 2.45) is 0 Å². The standard InChI is InChI=1S/C18H22ClN5O5/c1-5-6-13(17(25)26)23(16-14(24(27)28)8-21-18(19)22-16)9-12-11(3)15(29-4)10(2)7-20-12/h7-8,13H,5-6,9H2,1-4H3,(H,25,26)/t13-/m1/s1. The van der Waals surface area contributed by atoms with Gasteiger partial charge in [0, 0.05) is 17.3 Å². The van der Waals surface area contributed by atoms with Crippen molar-refractivity contribution in [1.29, 1.82) is 0 Å². The number of nitro groups is 1. The van der Waals surface area contributed by atoms with Gasteiger partial charge < -0.3 is 14.7 Å². The molecule has 2 aromatic heterocycles. The number of carbonyl (C=O) groups is 1. The fourth-order valence-electron chi connectivity index (χ4n) is 3.10. The van der Waals surface area contributed by atoms with Crippen LogP contribution in [0, 0.1) is 24.0 Å². The molecule has 0 aliphatic heterocycles. The third-order valence-corrected chi connectivity index (χ3v) is 4.66. The summed E-state index contributed by atoms with van der Waals surface area (Å²) < 4.78 is 5.41. The molecule has 0 fully saturated rings. The average molecular weight is 424 g/mol. The first-order chi connectivity index (χ1) is 13.7. The number of aliphatic carboxylic acids is 1. The SMILES string of the molecule is CCC[C@H](C(=O)O)N(Cc1ncc(C)c(OC)c1C)c1nc(Cl)ncc1[N+](=O)[O-]. The summed E-state index contributed by atoms with van der Waals surface area (Å²) in [5.41, 5.74) is 1.60. The molecule has 0 aliphatic rings. The molecule has 1 atom stereocenters. The minimum atomic E-state index is -1.13. The van der Waals surface area contributed by atoms with Gasteiger partial charge in [-0.3, -0.25) is 15.1 Å². The normalized spacial score (nSPS) is 11.8. The molecule has 156 valence electrons. The molecule has 10 nitrogen and oxygen atoms in total. The average Bonchev–Trinajstić information content (AvgIpc) is 2.66. The molecule has 0 saturated heterocycles. The van der Waals surface area contributed by atoms with Crippen molar-refractivity contribution in [3.63, 3.8) is 0 Å². The highest BCUT2D eigenvalue weighted by atomic mass is 35.5. The molecule has 2 aromatic rings. The molecule has 0 radical (unpaired) electrons. The highest BCUT2D eigenvalue weighted by molar-refractivity contribution is 6.28. The predicted octanol–water partition coefficient (Wildman–Crippen LogP) is 3.32. The van der Waals surface area contributed by atoms with Gasteiger partial charge in [0.05, 0.1) is 24.3 Å². The summed E-state index contributed by atoms with van der Waals surface area (Å²) in [5.74, 6) is -0.684. The Morgan fingerprint density at radius 3 is 2.62 bits per heavy atom. The second kappa shape index (κ2) is 9.46. The summed E-state index contributed by atoms with van der Waals surface area (Å²) in [6.45, 7) is 5.43. The van der Waals surface area contributed by atoms with E-state index in [4.69, 9.17) is 16.3 Å². The molecule has 0 amide bonds. The van der Waals surface area contributed by atoms with Crippen molar-refractivity contribution >= 4 is 29.1 Å². The number of anilines is 1. The lowest BCUT2D eigenvalue weighted by atomic mass is 10.1. The lowest BCUT2D eigenvalue weighted by Gasteiger charge is -2.30. The van der Waals surface area contributed by atoms with Crippen LogP contribution < -0.4 is 9.64 Å². The van der Waals surface area contributed by atoms with E-state index in [9.17, 15) is 20.0 Å².